The van der Waals surface area contributed by atoms with Gasteiger partial charge in [-0.25, -0.2) is 0 Å². The summed E-state index contributed by atoms with van der Waals surface area (Å²) in [6.45, 7) is 0. The molecule has 0 amide bonds. The molecule has 0 radical (unpaired) electrons. The van der Waals surface area contributed by atoms with Crippen molar-refractivity contribution in [2.24, 2.45) is 5.73 Å². The molecule has 96 valence electrons. The summed E-state index contributed by atoms with van der Waals surface area (Å²) >= 11 is 0. The SMILES string of the molecule is Bc1c2c(c(B)c3c1C(B)(B)C(N)C3(B)B)OC(B)O2. The molecule has 3 nitrogen and oxygen atoms in total. The topological polar surface area (TPSA) is 44.5 Å². The van der Waals surface area contributed by atoms with Crippen LogP contribution < -0.4 is 26.1 Å². The predicted molar refractivity (Wildman–Crippen MR) is 102 cm³/mol. The van der Waals surface area contributed by atoms with E-state index in [-0.39, 0.29) is 22.7 Å². The van der Waals surface area contributed by atoms with Gasteiger partial charge in [0.1, 0.15) is 47.1 Å². The van der Waals surface area contributed by atoms with Crippen molar-refractivity contribution < 1.29 is 9.47 Å². The third-order valence-corrected chi connectivity index (χ3v) is 5.30. The Morgan fingerprint density at radius 2 is 1.20 bits per heavy atom. The molecule has 0 fully saturated rings. The lowest BCUT2D eigenvalue weighted by Gasteiger charge is -2.33. The van der Waals surface area contributed by atoms with Crippen LogP contribution in [-0.2, 0) is 10.4 Å². The molecule has 0 unspecified atom stereocenters. The summed E-state index contributed by atoms with van der Waals surface area (Å²) in [6, 6.07) is 0.0855. The number of rotatable bonds is 0. The van der Waals surface area contributed by atoms with Gasteiger partial charge in [0, 0.05) is 0 Å². The maximum Gasteiger partial charge on any atom is 0.207 e. The van der Waals surface area contributed by atoms with Crippen molar-refractivity contribution in [1.29, 1.82) is 0 Å². The van der Waals surface area contributed by atoms with Crippen LogP contribution in [0.5, 0.6) is 11.5 Å². The number of fused-ring (bicyclic) bond motifs is 2. The third kappa shape index (κ3) is 1.49. The van der Waals surface area contributed by atoms with Crippen molar-refractivity contribution in [3.8, 4) is 11.5 Å². The van der Waals surface area contributed by atoms with Crippen LogP contribution in [0.1, 0.15) is 11.1 Å². The number of benzene rings is 1. The van der Waals surface area contributed by atoms with E-state index in [0.29, 0.717) is 0 Å². The summed E-state index contributed by atoms with van der Waals surface area (Å²) in [7, 11) is 15.2. The van der Waals surface area contributed by atoms with E-state index in [1.165, 1.54) is 22.1 Å². The average molecular weight is 260 g/mol. The summed E-state index contributed by atoms with van der Waals surface area (Å²) < 4.78 is 11.8. The number of hydrogen-bond donors (Lipinski definition) is 1. The monoisotopic (exact) mass is 261 g/mol. The zero-order valence-electron chi connectivity index (χ0n) is 13.5. The molecule has 2 aliphatic rings. The molecule has 0 bridgehead atoms. The van der Waals surface area contributed by atoms with E-state index < -0.39 is 0 Å². The minimum atomic E-state index is -0.204. The van der Waals surface area contributed by atoms with E-state index >= 15 is 0 Å². The average Bonchev–Trinajstić information content (AvgIpc) is 2.79. The van der Waals surface area contributed by atoms with Crippen molar-refractivity contribution in [3.63, 3.8) is 0 Å². The lowest BCUT2D eigenvalue weighted by Crippen LogP contribution is -2.54. The lowest BCUT2D eigenvalue weighted by atomic mass is 9.41. The van der Waals surface area contributed by atoms with Gasteiger partial charge in [0.15, 0.2) is 17.7 Å². The van der Waals surface area contributed by atoms with Crippen LogP contribution in [0.4, 0.5) is 0 Å². The van der Waals surface area contributed by atoms with Crippen LogP contribution in [0.3, 0.4) is 0 Å². The van der Waals surface area contributed by atoms with Crippen LogP contribution in [0.2, 0.25) is 0 Å². The molecule has 1 aromatic carbocycles. The first-order chi connectivity index (χ1) is 9.10. The molecule has 10 heteroatoms. The van der Waals surface area contributed by atoms with Crippen molar-refractivity contribution >= 4 is 65.8 Å². The third-order valence-electron chi connectivity index (χ3n) is 5.30. The highest BCUT2D eigenvalue weighted by Gasteiger charge is 2.51. The molecule has 0 atom stereocenters. The summed E-state index contributed by atoms with van der Waals surface area (Å²) in [6.07, 6.45) is -0.204. The van der Waals surface area contributed by atoms with Gasteiger partial charge in [-0.1, -0.05) is 11.1 Å². The minimum Gasteiger partial charge on any atom is -0.461 e. The zero-order valence-corrected chi connectivity index (χ0v) is 13.5. The Hall–Kier alpha value is -0.765. The van der Waals surface area contributed by atoms with E-state index in [2.05, 4.69) is 47.1 Å². The summed E-state index contributed by atoms with van der Waals surface area (Å²) in [5.74, 6) is 1.82. The van der Waals surface area contributed by atoms with Gasteiger partial charge in [-0.05, 0) is 27.4 Å². The fourth-order valence-corrected chi connectivity index (χ4v) is 4.41. The van der Waals surface area contributed by atoms with Gasteiger partial charge in [0.05, 0.1) is 0 Å². The molecule has 0 saturated heterocycles. The van der Waals surface area contributed by atoms with Crippen LogP contribution in [-0.4, -0.2) is 67.2 Å². The number of ether oxygens (including phenoxy) is 2. The van der Waals surface area contributed by atoms with Crippen LogP contribution in [0.25, 0.3) is 0 Å². The molecule has 2 N–H and O–H groups in total. The molecule has 1 aromatic rings. The number of nitrogens with two attached hydrogens (primary N) is 1. The first-order valence-electron chi connectivity index (χ1n) is 7.37. The first-order valence-corrected chi connectivity index (χ1v) is 7.37. The van der Waals surface area contributed by atoms with Crippen LogP contribution in [0.15, 0.2) is 0 Å². The van der Waals surface area contributed by atoms with Crippen molar-refractivity contribution in [2.75, 3.05) is 0 Å². The molecule has 1 aliphatic carbocycles. The molecule has 3 rings (SSSR count). The Bertz CT molecular complexity index is 567. The zero-order chi connectivity index (χ0) is 15.0. The lowest BCUT2D eigenvalue weighted by molar-refractivity contribution is 0.129. The van der Waals surface area contributed by atoms with E-state index in [1.54, 1.807) is 0 Å². The fraction of sp³-hybridized carbons (Fsp3) is 0.400. The Morgan fingerprint density at radius 3 is 1.55 bits per heavy atom. The van der Waals surface area contributed by atoms with Gasteiger partial charge in [-0.2, -0.15) is 0 Å². The second-order valence-electron chi connectivity index (χ2n) is 7.38. The molecular weight excluding hydrogens is 242 g/mol. The summed E-state index contributed by atoms with van der Waals surface area (Å²) in [5.41, 5.74) is 11.7. The van der Waals surface area contributed by atoms with E-state index in [9.17, 15) is 0 Å². The Balaban J connectivity index is 2.39. The molecule has 0 spiro atoms. The van der Waals surface area contributed by atoms with Crippen LogP contribution in [0, 0.1) is 0 Å². The maximum atomic E-state index is 6.58. The highest BCUT2D eigenvalue weighted by Crippen LogP contribution is 2.45. The van der Waals surface area contributed by atoms with E-state index in [0.717, 1.165) is 11.5 Å². The standard InChI is InChI=1S/C10H18B7NO2/c11-3-1-2(10(16,17)7(18)9(1,14)15)4(12)6-5(3)19-8(13)20-6/h7-8H,11-18H2. The van der Waals surface area contributed by atoms with Gasteiger partial charge in [0.25, 0.3) is 0 Å². The van der Waals surface area contributed by atoms with Gasteiger partial charge < -0.3 is 15.2 Å². The van der Waals surface area contributed by atoms with Gasteiger partial charge in [-0.3, -0.25) is 0 Å². The highest BCUT2D eigenvalue weighted by atomic mass is 16.7. The summed E-state index contributed by atoms with van der Waals surface area (Å²) in [4.78, 5) is 0. The van der Waals surface area contributed by atoms with Crippen molar-refractivity contribution in [2.45, 2.75) is 22.7 Å². The van der Waals surface area contributed by atoms with E-state index in [1.807, 2.05) is 7.85 Å². The van der Waals surface area contributed by atoms with Gasteiger partial charge in [0.2, 0.25) is 7.85 Å². The highest BCUT2D eigenvalue weighted by molar-refractivity contribution is 6.53. The number of hydrogen-bond acceptors (Lipinski definition) is 3. The smallest absolute Gasteiger partial charge is 0.207 e. The normalized spacial score (nSPS) is 22.9. The van der Waals surface area contributed by atoms with Crippen LogP contribution >= 0.6 is 0 Å². The molecule has 1 heterocycles. The summed E-state index contributed by atoms with van der Waals surface area (Å²) in [5, 5.41) is -0.115. The quantitative estimate of drug-likeness (QED) is 0.471. The van der Waals surface area contributed by atoms with Gasteiger partial charge >= 0.3 is 0 Å². The van der Waals surface area contributed by atoms with Gasteiger partial charge in [-0.15, -0.1) is 0 Å². The second kappa shape index (κ2) is 3.91. The predicted octanol–water partition coefficient (Wildman–Crippen LogP) is -7.93. The molecular formula is C10H18B7NO2. The molecule has 1 aliphatic heterocycles. The Morgan fingerprint density at radius 1 is 0.850 bits per heavy atom. The Labute approximate surface area is 127 Å². The fourth-order valence-electron chi connectivity index (χ4n) is 4.41. The Kier molecular flexibility index (Phi) is 2.77. The van der Waals surface area contributed by atoms with Crippen molar-refractivity contribution in [1.82, 2.24) is 0 Å². The molecule has 0 saturated carbocycles. The molecule has 20 heavy (non-hydrogen) atoms. The van der Waals surface area contributed by atoms with E-state index in [4.69, 9.17) is 15.2 Å². The first kappa shape index (κ1) is 14.2. The van der Waals surface area contributed by atoms with Crippen molar-refractivity contribution in [3.05, 3.63) is 11.1 Å². The maximum absolute atomic E-state index is 6.58. The minimum absolute atomic E-state index is 0.0576. The second-order valence-corrected chi connectivity index (χ2v) is 7.38. The largest absolute Gasteiger partial charge is 0.461 e. The molecule has 0 aromatic heterocycles.